The zero-order chi connectivity index (χ0) is 15.1. The Morgan fingerprint density at radius 1 is 1.24 bits per heavy atom. The fourth-order valence-electron chi connectivity index (χ4n) is 2.38. The second-order valence-electron chi connectivity index (χ2n) is 4.49. The third kappa shape index (κ3) is 1.92. The Bertz CT molecular complexity index is 929. The molecule has 0 saturated heterocycles. The zero-order valence-electron chi connectivity index (χ0n) is 10.6. The summed E-state index contributed by atoms with van der Waals surface area (Å²) in [6, 6.07) is 2.64. The molecule has 0 aliphatic carbocycles. The number of carbonyl (C=O) groups is 1. The topological polar surface area (TPSA) is 58.8 Å². The molecule has 1 N–H and O–H groups in total. The minimum Gasteiger partial charge on any atom is -0.477 e. The highest BCUT2D eigenvalue weighted by atomic mass is 32.1. The third-order valence-electron chi connectivity index (χ3n) is 3.37. The van der Waals surface area contributed by atoms with Crippen LogP contribution in [0.3, 0.4) is 0 Å². The first-order valence-corrected chi connectivity index (χ1v) is 6.89. The molecule has 0 saturated carbocycles. The van der Waals surface area contributed by atoms with Crippen LogP contribution in [-0.4, -0.2) is 15.5 Å². The van der Waals surface area contributed by atoms with Gasteiger partial charge in [0.25, 0.3) is 0 Å². The number of aromatic carboxylic acids is 1. The molecule has 0 amide bonds. The Balaban J connectivity index is 2.58. The van der Waals surface area contributed by atoms with Crippen molar-refractivity contribution >= 4 is 33.0 Å². The van der Waals surface area contributed by atoms with Gasteiger partial charge in [-0.1, -0.05) is 0 Å². The lowest BCUT2D eigenvalue weighted by molar-refractivity contribution is 0.0697. The molecule has 0 fully saturated rings. The molecule has 2 heterocycles. The standard InChI is InChI=1S/C14H9F2NO3S/c15-5-7-3-9-10(4-8(7)6-16)17-1-2-21-13(17)11(12(9)18)14(19)20/h1-4H,5-6H2,(H,19,20). The number of benzene rings is 1. The monoisotopic (exact) mass is 309 g/mol. The Morgan fingerprint density at radius 3 is 2.52 bits per heavy atom. The summed E-state index contributed by atoms with van der Waals surface area (Å²) in [7, 11) is 0. The van der Waals surface area contributed by atoms with Gasteiger partial charge in [0.1, 0.15) is 23.7 Å². The van der Waals surface area contributed by atoms with E-state index in [1.165, 1.54) is 16.5 Å². The Labute approximate surface area is 120 Å². The molecule has 3 aromatic rings. The largest absolute Gasteiger partial charge is 0.477 e. The molecule has 0 aliphatic heterocycles. The summed E-state index contributed by atoms with van der Waals surface area (Å²) in [5.41, 5.74) is -0.428. The smallest absolute Gasteiger partial charge is 0.342 e. The number of nitrogens with zero attached hydrogens (tertiary/aromatic N) is 1. The van der Waals surface area contributed by atoms with Crippen LogP contribution in [0, 0.1) is 0 Å². The number of hydrogen-bond acceptors (Lipinski definition) is 3. The fourth-order valence-corrected chi connectivity index (χ4v) is 3.26. The van der Waals surface area contributed by atoms with Gasteiger partial charge < -0.3 is 9.51 Å². The highest BCUT2D eigenvalue weighted by Crippen LogP contribution is 2.25. The van der Waals surface area contributed by atoms with Crippen LogP contribution in [0.5, 0.6) is 0 Å². The number of pyridine rings is 1. The quantitative estimate of drug-likeness (QED) is 0.808. The highest BCUT2D eigenvalue weighted by molar-refractivity contribution is 7.16. The molecule has 21 heavy (non-hydrogen) atoms. The van der Waals surface area contributed by atoms with E-state index < -0.39 is 24.7 Å². The summed E-state index contributed by atoms with van der Waals surface area (Å²) in [6.07, 6.45) is 1.60. The van der Waals surface area contributed by atoms with E-state index in [4.69, 9.17) is 0 Å². The third-order valence-corrected chi connectivity index (χ3v) is 4.26. The average molecular weight is 309 g/mol. The molecule has 3 rings (SSSR count). The van der Waals surface area contributed by atoms with Gasteiger partial charge in [0.05, 0.1) is 5.52 Å². The van der Waals surface area contributed by atoms with Crippen molar-refractivity contribution in [1.29, 1.82) is 0 Å². The van der Waals surface area contributed by atoms with Crippen LogP contribution in [0.25, 0.3) is 15.7 Å². The van der Waals surface area contributed by atoms with Gasteiger partial charge in [0.2, 0.25) is 5.43 Å². The Kier molecular flexibility index (Phi) is 3.21. The van der Waals surface area contributed by atoms with Gasteiger partial charge in [0.15, 0.2) is 0 Å². The van der Waals surface area contributed by atoms with Gasteiger partial charge in [-0.3, -0.25) is 4.79 Å². The molecule has 1 aromatic carbocycles. The number of thiazole rings is 1. The lowest BCUT2D eigenvalue weighted by Crippen LogP contribution is -2.17. The summed E-state index contributed by atoms with van der Waals surface area (Å²) in [5, 5.41) is 10.9. The van der Waals surface area contributed by atoms with Crippen molar-refractivity contribution in [3.05, 3.63) is 50.6 Å². The van der Waals surface area contributed by atoms with E-state index >= 15 is 0 Å². The van der Waals surface area contributed by atoms with Crippen LogP contribution < -0.4 is 5.43 Å². The van der Waals surface area contributed by atoms with Gasteiger partial charge in [-0.2, -0.15) is 0 Å². The van der Waals surface area contributed by atoms with E-state index in [0.29, 0.717) is 5.52 Å². The molecule has 0 bridgehead atoms. The summed E-state index contributed by atoms with van der Waals surface area (Å²) in [5.74, 6) is -1.33. The van der Waals surface area contributed by atoms with E-state index in [9.17, 15) is 23.5 Å². The number of rotatable bonds is 3. The Morgan fingerprint density at radius 2 is 1.90 bits per heavy atom. The average Bonchev–Trinajstić information content (AvgIpc) is 2.94. The van der Waals surface area contributed by atoms with Crippen molar-refractivity contribution in [2.45, 2.75) is 13.3 Å². The molecule has 0 unspecified atom stereocenters. The zero-order valence-corrected chi connectivity index (χ0v) is 11.4. The van der Waals surface area contributed by atoms with Crippen molar-refractivity contribution in [2.24, 2.45) is 0 Å². The van der Waals surface area contributed by atoms with Crippen molar-refractivity contribution in [3.8, 4) is 0 Å². The predicted molar refractivity (Wildman–Crippen MR) is 75.6 cm³/mol. The summed E-state index contributed by atoms with van der Waals surface area (Å²) >= 11 is 1.11. The number of fused-ring (bicyclic) bond motifs is 3. The van der Waals surface area contributed by atoms with Gasteiger partial charge in [0, 0.05) is 17.0 Å². The van der Waals surface area contributed by atoms with Gasteiger partial charge >= 0.3 is 5.97 Å². The Hall–Kier alpha value is -2.28. The first kappa shape index (κ1) is 13.7. The molecule has 4 nitrogen and oxygen atoms in total. The molecular formula is C14H9F2NO3S. The SMILES string of the molecule is O=C(O)c1c(=O)c2cc(CF)c(CF)cc2n2ccsc12. The van der Waals surface area contributed by atoms with Crippen LogP contribution in [0.2, 0.25) is 0 Å². The van der Waals surface area contributed by atoms with Crippen molar-refractivity contribution in [2.75, 3.05) is 0 Å². The maximum Gasteiger partial charge on any atom is 0.342 e. The fraction of sp³-hybridized carbons (Fsp3) is 0.143. The van der Waals surface area contributed by atoms with Crippen molar-refractivity contribution < 1.29 is 18.7 Å². The second kappa shape index (κ2) is 4.92. The van der Waals surface area contributed by atoms with Gasteiger partial charge in [-0.05, 0) is 23.3 Å². The molecule has 2 aromatic heterocycles. The number of carboxylic acid groups (broad SMARTS) is 1. The minimum absolute atomic E-state index is 0.0635. The highest BCUT2D eigenvalue weighted by Gasteiger charge is 2.20. The van der Waals surface area contributed by atoms with Crippen LogP contribution >= 0.6 is 11.3 Å². The van der Waals surface area contributed by atoms with Crippen molar-refractivity contribution in [3.63, 3.8) is 0 Å². The lowest BCUT2D eigenvalue weighted by atomic mass is 10.0. The maximum atomic E-state index is 13.0. The molecule has 0 aliphatic rings. The van der Waals surface area contributed by atoms with Crippen LogP contribution in [0.1, 0.15) is 21.5 Å². The lowest BCUT2D eigenvalue weighted by Gasteiger charge is -2.09. The normalized spacial score (nSPS) is 11.3. The number of halogens is 2. The molecule has 108 valence electrons. The molecule has 0 spiro atoms. The summed E-state index contributed by atoms with van der Waals surface area (Å²) in [4.78, 5) is 23.9. The van der Waals surface area contributed by atoms with E-state index in [1.807, 2.05) is 0 Å². The summed E-state index contributed by atoms with van der Waals surface area (Å²) in [6.45, 7) is -1.76. The van der Waals surface area contributed by atoms with E-state index in [0.717, 1.165) is 11.3 Å². The van der Waals surface area contributed by atoms with Gasteiger partial charge in [-0.25, -0.2) is 13.6 Å². The van der Waals surface area contributed by atoms with Gasteiger partial charge in [-0.15, -0.1) is 11.3 Å². The molecule has 7 heteroatoms. The van der Waals surface area contributed by atoms with E-state index in [2.05, 4.69) is 0 Å². The maximum absolute atomic E-state index is 13.0. The van der Waals surface area contributed by atoms with Crippen LogP contribution in [-0.2, 0) is 13.3 Å². The predicted octanol–water partition coefficient (Wildman–Crippen LogP) is 3.15. The first-order valence-electron chi connectivity index (χ1n) is 6.01. The van der Waals surface area contributed by atoms with E-state index in [-0.39, 0.29) is 26.9 Å². The first-order chi connectivity index (χ1) is 10.1. The molecule has 0 radical (unpaired) electrons. The van der Waals surface area contributed by atoms with Crippen LogP contribution in [0.4, 0.5) is 8.78 Å². The summed E-state index contributed by atoms with van der Waals surface area (Å²) < 4.78 is 27.5. The number of alkyl halides is 2. The number of aromatic nitrogens is 1. The molecular weight excluding hydrogens is 300 g/mol. The van der Waals surface area contributed by atoms with E-state index in [1.54, 1.807) is 11.6 Å². The molecule has 0 atom stereocenters. The second-order valence-corrected chi connectivity index (χ2v) is 5.39. The van der Waals surface area contributed by atoms with Crippen LogP contribution in [0.15, 0.2) is 28.5 Å². The number of carboxylic acids is 1. The minimum atomic E-state index is -1.33. The number of hydrogen-bond donors (Lipinski definition) is 1. The van der Waals surface area contributed by atoms with Crippen molar-refractivity contribution in [1.82, 2.24) is 4.40 Å².